The van der Waals surface area contributed by atoms with E-state index >= 15 is 0 Å². The highest BCUT2D eigenvalue weighted by Gasteiger charge is 2.05. The normalized spacial score (nSPS) is 13.2. The largest absolute Gasteiger partial charge is 0.393 e. The molecule has 1 aromatic rings. The zero-order valence-electron chi connectivity index (χ0n) is 7.45. The lowest BCUT2D eigenvalue weighted by Gasteiger charge is -1.97. The smallest absolute Gasteiger partial charge is 0.226 e. The van der Waals surface area contributed by atoms with Crippen LogP contribution in [0.4, 0.5) is 0 Å². The SMILES string of the molecule is CCc1noc(CCC(C)O)n1. The van der Waals surface area contributed by atoms with Crippen molar-refractivity contribution < 1.29 is 9.63 Å². The van der Waals surface area contributed by atoms with Gasteiger partial charge in [0.05, 0.1) is 6.10 Å². The van der Waals surface area contributed by atoms with Gasteiger partial charge in [0.25, 0.3) is 0 Å². The molecule has 0 aliphatic carbocycles. The van der Waals surface area contributed by atoms with Crippen molar-refractivity contribution in [2.75, 3.05) is 0 Å². The van der Waals surface area contributed by atoms with E-state index in [1.807, 2.05) is 6.92 Å². The second kappa shape index (κ2) is 4.21. The van der Waals surface area contributed by atoms with Gasteiger partial charge in [-0.15, -0.1) is 0 Å². The van der Waals surface area contributed by atoms with Gasteiger partial charge < -0.3 is 9.63 Å². The van der Waals surface area contributed by atoms with Crippen molar-refractivity contribution in [2.24, 2.45) is 0 Å². The van der Waals surface area contributed by atoms with Crippen LogP contribution in [0.5, 0.6) is 0 Å². The molecule has 0 spiro atoms. The Morgan fingerprint density at radius 1 is 1.58 bits per heavy atom. The van der Waals surface area contributed by atoms with Crippen molar-refractivity contribution in [1.29, 1.82) is 0 Å². The summed E-state index contributed by atoms with van der Waals surface area (Å²) in [5, 5.41) is 12.7. The van der Waals surface area contributed by atoms with Crippen LogP contribution in [-0.2, 0) is 12.8 Å². The molecule has 0 fully saturated rings. The van der Waals surface area contributed by atoms with Gasteiger partial charge in [-0.2, -0.15) is 4.98 Å². The molecule has 1 aromatic heterocycles. The summed E-state index contributed by atoms with van der Waals surface area (Å²) in [6.45, 7) is 3.72. The molecule has 0 aromatic carbocycles. The summed E-state index contributed by atoms with van der Waals surface area (Å²) in [7, 11) is 0. The number of aliphatic hydroxyl groups is 1. The third kappa shape index (κ3) is 2.62. The van der Waals surface area contributed by atoms with Gasteiger partial charge in [0.2, 0.25) is 5.89 Å². The minimum Gasteiger partial charge on any atom is -0.393 e. The maximum Gasteiger partial charge on any atom is 0.226 e. The first-order valence-electron chi connectivity index (χ1n) is 4.22. The van der Waals surface area contributed by atoms with Crippen LogP contribution in [0.2, 0.25) is 0 Å². The van der Waals surface area contributed by atoms with E-state index in [0.29, 0.717) is 18.7 Å². The number of nitrogens with zero attached hydrogens (tertiary/aromatic N) is 2. The molecule has 0 saturated heterocycles. The molecule has 0 aliphatic heterocycles. The van der Waals surface area contributed by atoms with Crippen molar-refractivity contribution in [3.05, 3.63) is 11.7 Å². The summed E-state index contributed by atoms with van der Waals surface area (Å²) < 4.78 is 4.93. The minimum absolute atomic E-state index is 0.304. The molecular formula is C8H14N2O2. The summed E-state index contributed by atoms with van der Waals surface area (Å²) in [4.78, 5) is 4.11. The van der Waals surface area contributed by atoms with E-state index in [0.717, 1.165) is 12.2 Å². The van der Waals surface area contributed by atoms with Crippen LogP contribution < -0.4 is 0 Å². The highest BCUT2D eigenvalue weighted by Crippen LogP contribution is 2.03. The lowest BCUT2D eigenvalue weighted by molar-refractivity contribution is 0.180. The van der Waals surface area contributed by atoms with E-state index in [2.05, 4.69) is 10.1 Å². The summed E-state index contributed by atoms with van der Waals surface area (Å²) in [6.07, 6.45) is 1.82. The Kier molecular flexibility index (Phi) is 3.22. The zero-order valence-corrected chi connectivity index (χ0v) is 7.45. The van der Waals surface area contributed by atoms with Crippen LogP contribution in [0.1, 0.15) is 32.0 Å². The van der Waals surface area contributed by atoms with Crippen LogP contribution in [-0.4, -0.2) is 21.4 Å². The standard InChI is InChI=1S/C8H14N2O2/c1-3-7-9-8(12-10-7)5-4-6(2)11/h6,11H,3-5H2,1-2H3. The molecule has 0 amide bonds. The Morgan fingerprint density at radius 2 is 2.33 bits per heavy atom. The third-order valence-corrected chi connectivity index (χ3v) is 1.60. The van der Waals surface area contributed by atoms with Crippen molar-refractivity contribution in [3.63, 3.8) is 0 Å². The predicted octanol–water partition coefficient (Wildman–Crippen LogP) is 0.945. The molecule has 1 N–H and O–H groups in total. The monoisotopic (exact) mass is 170 g/mol. The zero-order chi connectivity index (χ0) is 8.97. The van der Waals surface area contributed by atoms with E-state index in [9.17, 15) is 0 Å². The van der Waals surface area contributed by atoms with E-state index in [4.69, 9.17) is 9.63 Å². The quantitative estimate of drug-likeness (QED) is 0.730. The molecule has 1 atom stereocenters. The molecule has 0 radical (unpaired) electrons. The van der Waals surface area contributed by atoms with Crippen molar-refractivity contribution >= 4 is 0 Å². The molecule has 1 heterocycles. The van der Waals surface area contributed by atoms with Crippen LogP contribution in [0.25, 0.3) is 0 Å². The van der Waals surface area contributed by atoms with E-state index in [1.165, 1.54) is 0 Å². The average molecular weight is 170 g/mol. The van der Waals surface area contributed by atoms with Gasteiger partial charge in [-0.1, -0.05) is 12.1 Å². The Labute approximate surface area is 71.6 Å². The van der Waals surface area contributed by atoms with E-state index < -0.39 is 0 Å². The summed E-state index contributed by atoms with van der Waals surface area (Å²) in [6, 6.07) is 0. The van der Waals surface area contributed by atoms with Crippen LogP contribution in [0.3, 0.4) is 0 Å². The van der Waals surface area contributed by atoms with E-state index in [-0.39, 0.29) is 6.10 Å². The Balaban J connectivity index is 2.41. The predicted molar refractivity (Wildman–Crippen MR) is 43.7 cm³/mol. The highest BCUT2D eigenvalue weighted by atomic mass is 16.5. The molecule has 1 rings (SSSR count). The van der Waals surface area contributed by atoms with Crippen molar-refractivity contribution in [1.82, 2.24) is 10.1 Å². The van der Waals surface area contributed by atoms with Crippen LogP contribution >= 0.6 is 0 Å². The molecule has 4 nitrogen and oxygen atoms in total. The molecule has 0 saturated carbocycles. The average Bonchev–Trinajstić information content (AvgIpc) is 2.48. The molecule has 0 bridgehead atoms. The number of hydrogen-bond acceptors (Lipinski definition) is 4. The second-order valence-electron chi connectivity index (χ2n) is 2.85. The second-order valence-corrected chi connectivity index (χ2v) is 2.85. The topological polar surface area (TPSA) is 59.2 Å². The first kappa shape index (κ1) is 9.19. The lowest BCUT2D eigenvalue weighted by atomic mass is 10.2. The van der Waals surface area contributed by atoms with E-state index in [1.54, 1.807) is 6.92 Å². The molecule has 68 valence electrons. The summed E-state index contributed by atoms with van der Waals surface area (Å²) in [5.74, 6) is 1.35. The lowest BCUT2D eigenvalue weighted by Crippen LogP contribution is -2.01. The number of rotatable bonds is 4. The van der Waals surface area contributed by atoms with Crippen molar-refractivity contribution in [3.8, 4) is 0 Å². The van der Waals surface area contributed by atoms with Crippen molar-refractivity contribution in [2.45, 2.75) is 39.2 Å². The molecule has 12 heavy (non-hydrogen) atoms. The Bertz CT molecular complexity index is 233. The molecule has 4 heteroatoms. The van der Waals surface area contributed by atoms with Crippen LogP contribution in [0, 0.1) is 0 Å². The Morgan fingerprint density at radius 3 is 2.83 bits per heavy atom. The van der Waals surface area contributed by atoms with Gasteiger partial charge in [0, 0.05) is 12.8 Å². The number of aliphatic hydroxyl groups excluding tert-OH is 1. The molecular weight excluding hydrogens is 156 g/mol. The Hall–Kier alpha value is -0.900. The fraction of sp³-hybridized carbons (Fsp3) is 0.750. The minimum atomic E-state index is -0.304. The first-order valence-corrected chi connectivity index (χ1v) is 4.22. The van der Waals surface area contributed by atoms with Gasteiger partial charge in [-0.3, -0.25) is 0 Å². The van der Waals surface area contributed by atoms with Gasteiger partial charge >= 0.3 is 0 Å². The fourth-order valence-electron chi connectivity index (χ4n) is 0.868. The fourth-order valence-corrected chi connectivity index (χ4v) is 0.868. The number of aromatic nitrogens is 2. The summed E-state index contributed by atoms with van der Waals surface area (Å²) >= 11 is 0. The van der Waals surface area contributed by atoms with Gasteiger partial charge in [-0.25, -0.2) is 0 Å². The maximum absolute atomic E-state index is 8.99. The van der Waals surface area contributed by atoms with Gasteiger partial charge in [0.15, 0.2) is 5.82 Å². The summed E-state index contributed by atoms with van der Waals surface area (Å²) in [5.41, 5.74) is 0. The van der Waals surface area contributed by atoms with Gasteiger partial charge in [0.1, 0.15) is 0 Å². The van der Waals surface area contributed by atoms with Crippen LogP contribution in [0.15, 0.2) is 4.52 Å². The highest BCUT2D eigenvalue weighted by molar-refractivity contribution is 4.85. The third-order valence-electron chi connectivity index (χ3n) is 1.60. The van der Waals surface area contributed by atoms with Gasteiger partial charge in [-0.05, 0) is 13.3 Å². The number of hydrogen-bond donors (Lipinski definition) is 1. The molecule has 0 aliphatic rings. The molecule has 1 unspecified atom stereocenters. The number of aryl methyl sites for hydroxylation is 2. The maximum atomic E-state index is 8.99. The first-order chi connectivity index (χ1) is 5.72.